The summed E-state index contributed by atoms with van der Waals surface area (Å²) in [5.74, 6) is -0.0949. The van der Waals surface area contributed by atoms with Crippen LogP contribution in [0.5, 0.6) is 0 Å². The van der Waals surface area contributed by atoms with Gasteiger partial charge in [0.15, 0.2) is 0 Å². The van der Waals surface area contributed by atoms with Crippen molar-refractivity contribution in [3.8, 4) is 0 Å². The van der Waals surface area contributed by atoms with Crippen molar-refractivity contribution >= 4 is 5.91 Å². The van der Waals surface area contributed by atoms with Gasteiger partial charge in [0.05, 0.1) is 18.8 Å². The molecule has 0 aliphatic heterocycles. The van der Waals surface area contributed by atoms with Crippen molar-refractivity contribution in [2.75, 3.05) is 6.61 Å². The topological polar surface area (TPSA) is 69.6 Å². The van der Waals surface area contributed by atoms with Crippen molar-refractivity contribution in [2.24, 2.45) is 0 Å². The molecule has 0 fully saturated rings. The lowest BCUT2D eigenvalue weighted by Gasteiger charge is -2.19. The summed E-state index contributed by atoms with van der Waals surface area (Å²) in [6.45, 7) is 4.23. The fourth-order valence-electron chi connectivity index (χ4n) is 5.75. The summed E-state index contributed by atoms with van der Waals surface area (Å²) in [6.07, 6.45) is 54.6. The zero-order valence-corrected chi connectivity index (χ0v) is 31.7. The molecule has 0 aromatic rings. The van der Waals surface area contributed by atoms with E-state index in [9.17, 15) is 15.0 Å². The fraction of sp³-hybridized carbons (Fsp3) is 0.750. The highest BCUT2D eigenvalue weighted by molar-refractivity contribution is 5.76. The minimum atomic E-state index is -0.877. The predicted molar refractivity (Wildman–Crippen MR) is 211 cm³/mol. The van der Waals surface area contributed by atoms with Crippen LogP contribution in [0.3, 0.4) is 0 Å². The Morgan fingerprint density at radius 3 is 1.40 bits per heavy atom. The zero-order valence-electron chi connectivity index (χ0n) is 31.7. The third-order valence-corrected chi connectivity index (χ3v) is 8.95. The maximum atomic E-state index is 12.3. The molecule has 0 aliphatic carbocycles. The van der Waals surface area contributed by atoms with Gasteiger partial charge < -0.3 is 15.5 Å². The quantitative estimate of drug-likeness (QED) is 0.0459. The number of nitrogens with one attached hydrogen (secondary N) is 1. The molecule has 0 heterocycles. The zero-order chi connectivity index (χ0) is 35.0. The largest absolute Gasteiger partial charge is 0.394 e. The average Bonchev–Trinajstić information content (AvgIpc) is 3.09. The standard InChI is InChI=1S/C44H79NO3/c1-3-5-7-9-11-13-15-17-19-20-21-22-23-24-25-26-27-29-31-33-35-37-39-43(47)42(41-46)45-44(48)40-38-36-34-32-30-28-18-16-14-12-10-8-6-4-2/h10,12,16,18,24-25,29,31,37,39,42-43,46-47H,3-9,11,13-15,17,19-23,26-28,30,32-36,38,40-41H2,1-2H3,(H,45,48)/b12-10-,18-16-,25-24+,31-29+,39-37+. The molecule has 0 aromatic carbocycles. The molecule has 2 unspecified atom stereocenters. The first-order chi connectivity index (χ1) is 23.7. The summed E-state index contributed by atoms with van der Waals surface area (Å²) in [7, 11) is 0. The SMILES string of the molecule is CCCC/C=C\C/C=C\CCCCCCCC(=O)NC(CO)C(O)/C=C/CC/C=C/CC/C=C/CCCCCCCCCCCCCC. The van der Waals surface area contributed by atoms with Crippen LogP contribution in [0.4, 0.5) is 0 Å². The Morgan fingerprint density at radius 2 is 0.896 bits per heavy atom. The molecular weight excluding hydrogens is 590 g/mol. The summed E-state index contributed by atoms with van der Waals surface area (Å²) in [6, 6.07) is -0.653. The van der Waals surface area contributed by atoms with Crippen molar-refractivity contribution in [2.45, 2.75) is 206 Å². The summed E-state index contributed by atoms with van der Waals surface area (Å²) in [5, 5.41) is 22.9. The number of unbranched alkanes of at least 4 members (excludes halogenated alkanes) is 21. The number of carbonyl (C=O) groups excluding carboxylic acids is 1. The van der Waals surface area contributed by atoms with Crippen molar-refractivity contribution in [3.63, 3.8) is 0 Å². The van der Waals surface area contributed by atoms with E-state index in [0.29, 0.717) is 6.42 Å². The van der Waals surface area contributed by atoms with E-state index in [1.807, 2.05) is 6.08 Å². The van der Waals surface area contributed by atoms with Crippen LogP contribution in [0, 0.1) is 0 Å². The van der Waals surface area contributed by atoms with Crippen molar-refractivity contribution in [3.05, 3.63) is 60.8 Å². The van der Waals surface area contributed by atoms with Crippen LogP contribution in [0.2, 0.25) is 0 Å². The summed E-state index contributed by atoms with van der Waals surface area (Å²) < 4.78 is 0. The highest BCUT2D eigenvalue weighted by atomic mass is 16.3. The number of allylic oxidation sites excluding steroid dienone is 9. The molecule has 3 N–H and O–H groups in total. The predicted octanol–water partition coefficient (Wildman–Crippen LogP) is 12.6. The van der Waals surface area contributed by atoms with Gasteiger partial charge in [0.1, 0.15) is 0 Å². The number of hydrogen-bond acceptors (Lipinski definition) is 3. The molecule has 278 valence electrons. The maximum absolute atomic E-state index is 12.3. The minimum Gasteiger partial charge on any atom is -0.394 e. The lowest BCUT2D eigenvalue weighted by atomic mass is 10.0. The average molecular weight is 670 g/mol. The van der Waals surface area contributed by atoms with Gasteiger partial charge in [-0.25, -0.2) is 0 Å². The third kappa shape index (κ3) is 35.4. The van der Waals surface area contributed by atoms with Crippen molar-refractivity contribution < 1.29 is 15.0 Å². The summed E-state index contributed by atoms with van der Waals surface area (Å²) >= 11 is 0. The Bertz CT molecular complexity index is 812. The van der Waals surface area contributed by atoms with E-state index < -0.39 is 12.1 Å². The lowest BCUT2D eigenvalue weighted by Crippen LogP contribution is -2.45. The molecule has 0 rings (SSSR count). The summed E-state index contributed by atoms with van der Waals surface area (Å²) in [4.78, 5) is 12.3. The minimum absolute atomic E-state index is 0.0949. The van der Waals surface area contributed by atoms with Gasteiger partial charge in [-0.1, -0.05) is 177 Å². The van der Waals surface area contributed by atoms with Crippen LogP contribution in [-0.4, -0.2) is 34.9 Å². The maximum Gasteiger partial charge on any atom is 0.220 e. The Labute approximate surface area is 298 Å². The van der Waals surface area contributed by atoms with Crippen LogP contribution < -0.4 is 5.32 Å². The molecule has 0 aromatic heterocycles. The van der Waals surface area contributed by atoms with Gasteiger partial charge in [-0.15, -0.1) is 0 Å². The Kier molecular flexibility index (Phi) is 38.0. The monoisotopic (exact) mass is 670 g/mol. The Hall–Kier alpha value is -1.91. The second-order valence-electron chi connectivity index (χ2n) is 13.7. The smallest absolute Gasteiger partial charge is 0.220 e. The van der Waals surface area contributed by atoms with Gasteiger partial charge in [-0.3, -0.25) is 4.79 Å². The highest BCUT2D eigenvalue weighted by Gasteiger charge is 2.17. The second kappa shape index (κ2) is 39.5. The first-order valence-electron chi connectivity index (χ1n) is 20.5. The molecule has 0 saturated heterocycles. The van der Waals surface area contributed by atoms with Gasteiger partial charge in [0.25, 0.3) is 0 Å². The Balaban J connectivity index is 3.70. The van der Waals surface area contributed by atoms with Gasteiger partial charge in [0, 0.05) is 6.42 Å². The van der Waals surface area contributed by atoms with Crippen LogP contribution in [0.25, 0.3) is 0 Å². The first-order valence-corrected chi connectivity index (χ1v) is 20.5. The Morgan fingerprint density at radius 1 is 0.500 bits per heavy atom. The number of rotatable bonds is 36. The van der Waals surface area contributed by atoms with E-state index in [0.717, 1.165) is 57.8 Å². The van der Waals surface area contributed by atoms with Crippen molar-refractivity contribution in [1.82, 2.24) is 5.32 Å². The number of aliphatic hydroxyl groups excluding tert-OH is 2. The summed E-state index contributed by atoms with van der Waals surface area (Å²) in [5.41, 5.74) is 0. The van der Waals surface area contributed by atoms with E-state index in [1.165, 1.54) is 116 Å². The van der Waals surface area contributed by atoms with Crippen molar-refractivity contribution in [1.29, 1.82) is 0 Å². The van der Waals surface area contributed by atoms with E-state index in [2.05, 4.69) is 67.8 Å². The van der Waals surface area contributed by atoms with E-state index in [1.54, 1.807) is 6.08 Å². The molecule has 4 nitrogen and oxygen atoms in total. The van der Waals surface area contributed by atoms with Crippen LogP contribution in [0.15, 0.2) is 60.8 Å². The molecule has 0 saturated carbocycles. The molecule has 4 heteroatoms. The molecule has 0 bridgehead atoms. The van der Waals surface area contributed by atoms with E-state index in [-0.39, 0.29) is 12.5 Å². The van der Waals surface area contributed by atoms with Crippen LogP contribution in [0.1, 0.15) is 194 Å². The van der Waals surface area contributed by atoms with Crippen LogP contribution >= 0.6 is 0 Å². The van der Waals surface area contributed by atoms with E-state index >= 15 is 0 Å². The fourth-order valence-corrected chi connectivity index (χ4v) is 5.75. The molecule has 48 heavy (non-hydrogen) atoms. The van der Waals surface area contributed by atoms with Gasteiger partial charge >= 0.3 is 0 Å². The molecule has 1 amide bonds. The van der Waals surface area contributed by atoms with Gasteiger partial charge in [-0.05, 0) is 70.6 Å². The molecule has 2 atom stereocenters. The number of carbonyl (C=O) groups is 1. The van der Waals surface area contributed by atoms with Crippen LogP contribution in [-0.2, 0) is 4.79 Å². The lowest BCUT2D eigenvalue weighted by molar-refractivity contribution is -0.123. The molecule has 0 aliphatic rings. The normalized spacial score (nSPS) is 13.7. The van der Waals surface area contributed by atoms with Gasteiger partial charge in [0.2, 0.25) is 5.91 Å². The molecule has 0 spiro atoms. The number of amides is 1. The second-order valence-corrected chi connectivity index (χ2v) is 13.7. The highest BCUT2D eigenvalue weighted by Crippen LogP contribution is 2.13. The molecule has 0 radical (unpaired) electrons. The van der Waals surface area contributed by atoms with Gasteiger partial charge in [-0.2, -0.15) is 0 Å². The molecular formula is C44H79NO3. The first kappa shape index (κ1) is 46.1. The van der Waals surface area contributed by atoms with E-state index in [4.69, 9.17) is 0 Å². The number of aliphatic hydroxyl groups is 2. The number of hydrogen-bond donors (Lipinski definition) is 3. The third-order valence-electron chi connectivity index (χ3n) is 8.95.